The van der Waals surface area contributed by atoms with E-state index < -0.39 is 0 Å². The van der Waals surface area contributed by atoms with E-state index in [4.69, 9.17) is 0 Å². The third-order valence-corrected chi connectivity index (χ3v) is 3.09. The number of hydrogen-bond acceptors (Lipinski definition) is 3. The Morgan fingerprint density at radius 1 is 1.14 bits per heavy atom. The summed E-state index contributed by atoms with van der Waals surface area (Å²) in [5.41, 5.74) is 4.52. The Balaban J connectivity index is 2.52. The molecule has 2 nitrogen and oxygen atoms in total. The molecule has 14 heavy (non-hydrogen) atoms. The minimum Gasteiger partial charge on any atom is -0.261 e. The molecule has 0 atom stereocenters. The third kappa shape index (κ3) is 1.68. The van der Waals surface area contributed by atoms with Crippen LogP contribution in [0.25, 0.3) is 10.6 Å². The maximum atomic E-state index is 4.45. The Morgan fingerprint density at radius 2 is 1.93 bits per heavy atom. The molecule has 0 spiro atoms. The van der Waals surface area contributed by atoms with E-state index in [1.807, 2.05) is 20.0 Å². The number of nitrogens with zero attached hydrogens (tertiary/aromatic N) is 2. The van der Waals surface area contributed by atoms with Gasteiger partial charge in [0.25, 0.3) is 0 Å². The smallest absolute Gasteiger partial charge is 0.125 e. The molecule has 0 unspecified atom stereocenters. The van der Waals surface area contributed by atoms with Crippen molar-refractivity contribution in [1.29, 1.82) is 0 Å². The van der Waals surface area contributed by atoms with Crippen LogP contribution < -0.4 is 0 Å². The van der Waals surface area contributed by atoms with Crippen LogP contribution in [0.5, 0.6) is 0 Å². The Labute approximate surface area is 87.7 Å². The largest absolute Gasteiger partial charge is 0.261 e. The lowest BCUT2D eigenvalue weighted by molar-refractivity contribution is 1.17. The molecule has 0 bridgehead atoms. The minimum atomic E-state index is 1.06. The van der Waals surface area contributed by atoms with Crippen molar-refractivity contribution in [1.82, 2.24) is 9.97 Å². The maximum Gasteiger partial charge on any atom is 0.125 e. The van der Waals surface area contributed by atoms with Gasteiger partial charge in [0.15, 0.2) is 0 Å². The Morgan fingerprint density at radius 3 is 2.50 bits per heavy atom. The number of thiazole rings is 1. The molecule has 72 valence electrons. The van der Waals surface area contributed by atoms with Gasteiger partial charge in [-0.15, -0.1) is 11.3 Å². The Hall–Kier alpha value is -1.22. The van der Waals surface area contributed by atoms with E-state index in [1.165, 1.54) is 5.56 Å². The van der Waals surface area contributed by atoms with E-state index in [1.54, 1.807) is 11.3 Å². The number of aromatic nitrogens is 2. The average Bonchev–Trinajstić information content (AvgIpc) is 2.51. The first-order valence-electron chi connectivity index (χ1n) is 4.52. The molecule has 0 aromatic carbocycles. The van der Waals surface area contributed by atoms with Gasteiger partial charge in [0.1, 0.15) is 5.01 Å². The van der Waals surface area contributed by atoms with Crippen molar-refractivity contribution in [2.75, 3.05) is 0 Å². The van der Waals surface area contributed by atoms with Crippen LogP contribution in [-0.2, 0) is 0 Å². The van der Waals surface area contributed by atoms with Gasteiger partial charge < -0.3 is 0 Å². The van der Waals surface area contributed by atoms with E-state index in [2.05, 4.69) is 28.3 Å². The lowest BCUT2D eigenvalue weighted by atomic mass is 10.1. The van der Waals surface area contributed by atoms with Gasteiger partial charge in [-0.25, -0.2) is 4.98 Å². The van der Waals surface area contributed by atoms with Crippen LogP contribution in [0.4, 0.5) is 0 Å². The van der Waals surface area contributed by atoms with Crippen molar-refractivity contribution in [3.8, 4) is 10.6 Å². The molecule has 0 aliphatic carbocycles. The van der Waals surface area contributed by atoms with Gasteiger partial charge in [-0.3, -0.25) is 4.98 Å². The van der Waals surface area contributed by atoms with Crippen LogP contribution in [0.2, 0.25) is 0 Å². The topological polar surface area (TPSA) is 25.8 Å². The Kier molecular flexibility index (Phi) is 2.33. The van der Waals surface area contributed by atoms with Crippen LogP contribution in [0.3, 0.4) is 0 Å². The molecule has 2 rings (SSSR count). The molecular weight excluding hydrogens is 192 g/mol. The fourth-order valence-corrected chi connectivity index (χ4v) is 2.27. The van der Waals surface area contributed by atoms with Gasteiger partial charge in [-0.2, -0.15) is 0 Å². The molecule has 2 aromatic rings. The molecule has 2 aromatic heterocycles. The normalized spacial score (nSPS) is 10.5. The number of aryl methyl sites for hydroxylation is 3. The second-order valence-corrected chi connectivity index (χ2v) is 4.29. The average molecular weight is 204 g/mol. The van der Waals surface area contributed by atoms with Gasteiger partial charge >= 0.3 is 0 Å². The van der Waals surface area contributed by atoms with E-state index in [-0.39, 0.29) is 0 Å². The predicted molar refractivity (Wildman–Crippen MR) is 59.6 cm³/mol. The summed E-state index contributed by atoms with van der Waals surface area (Å²) < 4.78 is 0. The molecule has 2 heterocycles. The van der Waals surface area contributed by atoms with Gasteiger partial charge in [0.2, 0.25) is 0 Å². The fourth-order valence-electron chi connectivity index (χ4n) is 1.40. The summed E-state index contributed by atoms with van der Waals surface area (Å²) in [7, 11) is 0. The van der Waals surface area contributed by atoms with Gasteiger partial charge in [0.05, 0.1) is 0 Å². The zero-order valence-corrected chi connectivity index (χ0v) is 9.35. The first kappa shape index (κ1) is 9.34. The Bertz CT molecular complexity index is 460. The van der Waals surface area contributed by atoms with E-state index in [0.717, 1.165) is 22.0 Å². The van der Waals surface area contributed by atoms with Crippen molar-refractivity contribution in [3.63, 3.8) is 0 Å². The quantitative estimate of drug-likeness (QED) is 0.713. The lowest BCUT2D eigenvalue weighted by Crippen LogP contribution is -1.87. The first-order chi connectivity index (χ1) is 6.66. The molecule has 0 saturated heterocycles. The molecule has 0 aliphatic rings. The van der Waals surface area contributed by atoms with Crippen molar-refractivity contribution >= 4 is 11.3 Å². The summed E-state index contributed by atoms with van der Waals surface area (Å²) in [6, 6.07) is 2.09. The summed E-state index contributed by atoms with van der Waals surface area (Å²) in [5, 5.41) is 3.13. The molecular formula is C11H12N2S. The van der Waals surface area contributed by atoms with Crippen molar-refractivity contribution in [2.24, 2.45) is 0 Å². The number of rotatable bonds is 1. The van der Waals surface area contributed by atoms with Crippen molar-refractivity contribution in [2.45, 2.75) is 20.8 Å². The summed E-state index contributed by atoms with van der Waals surface area (Å²) in [5.74, 6) is 0. The van der Waals surface area contributed by atoms with Crippen molar-refractivity contribution in [3.05, 3.63) is 34.6 Å². The number of hydrogen-bond donors (Lipinski definition) is 0. The van der Waals surface area contributed by atoms with Crippen LogP contribution in [0.1, 0.15) is 17.0 Å². The fraction of sp³-hybridized carbons (Fsp3) is 0.273. The molecule has 0 N–H and O–H groups in total. The molecule has 0 radical (unpaired) electrons. The van der Waals surface area contributed by atoms with Crippen LogP contribution in [0.15, 0.2) is 17.6 Å². The summed E-state index contributed by atoms with van der Waals surface area (Å²) in [6.45, 7) is 6.11. The monoisotopic (exact) mass is 204 g/mol. The molecule has 0 aliphatic heterocycles. The van der Waals surface area contributed by atoms with Gasteiger partial charge in [-0.05, 0) is 32.4 Å². The van der Waals surface area contributed by atoms with Crippen LogP contribution in [0, 0.1) is 20.8 Å². The predicted octanol–water partition coefficient (Wildman–Crippen LogP) is 3.13. The van der Waals surface area contributed by atoms with E-state index in [0.29, 0.717) is 0 Å². The highest BCUT2D eigenvalue weighted by atomic mass is 32.1. The highest BCUT2D eigenvalue weighted by Gasteiger charge is 2.06. The second kappa shape index (κ2) is 3.50. The first-order valence-corrected chi connectivity index (χ1v) is 5.40. The van der Waals surface area contributed by atoms with Crippen LogP contribution in [-0.4, -0.2) is 9.97 Å². The highest BCUT2D eigenvalue weighted by molar-refractivity contribution is 7.13. The maximum absolute atomic E-state index is 4.45. The molecule has 0 saturated carbocycles. The third-order valence-electron chi connectivity index (χ3n) is 2.10. The molecule has 3 heteroatoms. The molecule has 0 fully saturated rings. The minimum absolute atomic E-state index is 1.06. The summed E-state index contributed by atoms with van der Waals surface area (Å²) in [6.07, 6.45) is 1.91. The second-order valence-electron chi connectivity index (χ2n) is 3.43. The number of pyridine rings is 1. The van der Waals surface area contributed by atoms with Gasteiger partial charge in [0, 0.05) is 28.5 Å². The SMILES string of the molecule is Cc1cc(C)c(-c2nc(C)cs2)cn1. The van der Waals surface area contributed by atoms with E-state index in [9.17, 15) is 0 Å². The lowest BCUT2D eigenvalue weighted by Gasteiger charge is -2.01. The molecule has 0 amide bonds. The van der Waals surface area contributed by atoms with Crippen molar-refractivity contribution < 1.29 is 0 Å². The van der Waals surface area contributed by atoms with Crippen LogP contribution >= 0.6 is 11.3 Å². The highest BCUT2D eigenvalue weighted by Crippen LogP contribution is 2.25. The summed E-state index contributed by atoms with van der Waals surface area (Å²) in [4.78, 5) is 8.74. The zero-order valence-electron chi connectivity index (χ0n) is 8.53. The standard InChI is InChI=1S/C11H12N2S/c1-7-4-8(2)12-5-10(7)11-13-9(3)6-14-11/h4-6H,1-3H3. The van der Waals surface area contributed by atoms with Gasteiger partial charge in [-0.1, -0.05) is 0 Å². The zero-order chi connectivity index (χ0) is 10.1. The van der Waals surface area contributed by atoms with E-state index >= 15 is 0 Å². The summed E-state index contributed by atoms with van der Waals surface area (Å²) >= 11 is 1.67.